The minimum absolute atomic E-state index is 0.235. The van der Waals surface area contributed by atoms with Crippen molar-refractivity contribution in [3.05, 3.63) is 31.6 Å². The number of carbonyl (C=O) groups is 1. The Morgan fingerprint density at radius 1 is 1.25 bits per heavy atom. The number of rotatable bonds is 3. The summed E-state index contributed by atoms with van der Waals surface area (Å²) in [6.45, 7) is 7.10. The van der Waals surface area contributed by atoms with Crippen LogP contribution >= 0.6 is 22.7 Å². The Bertz CT molecular complexity index is 1000. The van der Waals surface area contributed by atoms with Crippen LogP contribution in [0, 0.1) is 13.8 Å². The van der Waals surface area contributed by atoms with Gasteiger partial charge in [-0.05, 0) is 33.3 Å². The maximum absolute atomic E-state index is 12.7. The average Bonchev–Trinajstić information content (AvgIpc) is 3.03. The highest BCUT2D eigenvalue weighted by molar-refractivity contribution is 7.20. The Kier molecular flexibility index (Phi) is 3.88. The minimum Gasteiger partial charge on any atom is -0.374 e. The molecule has 0 saturated carbocycles. The average molecular weight is 364 g/mol. The number of nitrogen functional groups attached to an aromatic ring is 1. The zero-order valence-electron chi connectivity index (χ0n) is 13.6. The fraction of sp³-hybridized carbons (Fsp3) is 0.357. The number of amides is 1. The zero-order valence-corrected chi connectivity index (χ0v) is 15.2. The number of nitrogens with zero attached hydrogens (tertiary/aromatic N) is 3. The molecule has 0 unspecified atom stereocenters. The molecule has 4 N–H and O–H groups in total. The first-order chi connectivity index (χ1) is 11.2. The number of fused-ring (bicyclic) bond motifs is 1. The van der Waals surface area contributed by atoms with Gasteiger partial charge in [0.05, 0.1) is 15.8 Å². The van der Waals surface area contributed by atoms with E-state index < -0.39 is 5.54 Å². The first-order valence-corrected chi connectivity index (χ1v) is 8.74. The van der Waals surface area contributed by atoms with E-state index in [0.29, 0.717) is 36.6 Å². The SMILES string of the molecule is Cc1nc2sc(C(=O)NC(C)(C)c3nnc(N)s3)c(C)c2c(=O)[nH]1. The molecule has 0 bridgehead atoms. The maximum Gasteiger partial charge on any atom is 0.262 e. The van der Waals surface area contributed by atoms with Gasteiger partial charge in [-0.25, -0.2) is 4.98 Å². The molecule has 0 aliphatic carbocycles. The van der Waals surface area contributed by atoms with Crippen molar-refractivity contribution in [3.63, 3.8) is 0 Å². The van der Waals surface area contributed by atoms with Gasteiger partial charge >= 0.3 is 0 Å². The lowest BCUT2D eigenvalue weighted by molar-refractivity contribution is 0.0915. The molecule has 1 amide bonds. The van der Waals surface area contributed by atoms with Gasteiger partial charge in [-0.1, -0.05) is 11.3 Å². The van der Waals surface area contributed by atoms with Crippen LogP contribution in [0.1, 0.15) is 39.9 Å². The van der Waals surface area contributed by atoms with Crippen molar-refractivity contribution >= 4 is 43.9 Å². The maximum atomic E-state index is 12.7. The van der Waals surface area contributed by atoms with Gasteiger partial charge in [0, 0.05) is 0 Å². The molecular formula is C14H16N6O2S2. The highest BCUT2D eigenvalue weighted by atomic mass is 32.1. The molecule has 3 rings (SSSR count). The Morgan fingerprint density at radius 3 is 2.58 bits per heavy atom. The van der Waals surface area contributed by atoms with E-state index in [1.54, 1.807) is 13.8 Å². The van der Waals surface area contributed by atoms with Gasteiger partial charge in [0.2, 0.25) is 5.13 Å². The van der Waals surface area contributed by atoms with E-state index in [2.05, 4.69) is 25.5 Å². The van der Waals surface area contributed by atoms with Crippen LogP contribution in [0.2, 0.25) is 0 Å². The molecule has 3 heterocycles. The van der Waals surface area contributed by atoms with Gasteiger partial charge < -0.3 is 16.0 Å². The molecule has 0 spiro atoms. The molecule has 24 heavy (non-hydrogen) atoms. The number of aromatic amines is 1. The Morgan fingerprint density at radius 2 is 1.96 bits per heavy atom. The van der Waals surface area contributed by atoms with Gasteiger partial charge in [0.25, 0.3) is 11.5 Å². The summed E-state index contributed by atoms with van der Waals surface area (Å²) in [4.78, 5) is 32.8. The molecule has 0 atom stereocenters. The van der Waals surface area contributed by atoms with Crippen molar-refractivity contribution in [1.82, 2.24) is 25.5 Å². The highest BCUT2D eigenvalue weighted by Gasteiger charge is 2.29. The Labute approximate surface area is 145 Å². The topological polar surface area (TPSA) is 127 Å². The van der Waals surface area contributed by atoms with Crippen LogP contribution in [0.25, 0.3) is 10.2 Å². The molecule has 3 aromatic heterocycles. The Hall–Kier alpha value is -2.33. The minimum atomic E-state index is -0.731. The molecule has 10 heteroatoms. The third kappa shape index (κ3) is 2.78. The zero-order chi connectivity index (χ0) is 17.6. The van der Waals surface area contributed by atoms with Crippen molar-refractivity contribution in [2.45, 2.75) is 33.2 Å². The number of H-pyrrole nitrogens is 1. The predicted molar refractivity (Wildman–Crippen MR) is 94.5 cm³/mol. The number of aryl methyl sites for hydroxylation is 2. The van der Waals surface area contributed by atoms with E-state index in [9.17, 15) is 9.59 Å². The van der Waals surface area contributed by atoms with E-state index >= 15 is 0 Å². The molecule has 0 fully saturated rings. The van der Waals surface area contributed by atoms with Crippen LogP contribution in [-0.2, 0) is 5.54 Å². The van der Waals surface area contributed by atoms with Crippen LogP contribution < -0.4 is 16.6 Å². The number of thiophene rings is 1. The first-order valence-electron chi connectivity index (χ1n) is 7.11. The number of carbonyl (C=O) groups excluding carboxylic acids is 1. The molecule has 0 radical (unpaired) electrons. The lowest BCUT2D eigenvalue weighted by atomic mass is 10.1. The highest BCUT2D eigenvalue weighted by Crippen LogP contribution is 2.29. The van der Waals surface area contributed by atoms with Gasteiger partial charge in [0.15, 0.2) is 0 Å². The number of nitrogens with one attached hydrogen (secondary N) is 2. The summed E-state index contributed by atoms with van der Waals surface area (Å²) < 4.78 is 0. The first kappa shape index (κ1) is 16.5. The summed E-state index contributed by atoms with van der Waals surface area (Å²) in [5.41, 5.74) is 5.26. The van der Waals surface area contributed by atoms with Crippen molar-refractivity contribution < 1.29 is 4.79 Å². The monoisotopic (exact) mass is 364 g/mol. The summed E-state index contributed by atoms with van der Waals surface area (Å²) in [7, 11) is 0. The second-order valence-electron chi connectivity index (χ2n) is 5.91. The number of nitrogens with two attached hydrogens (primary N) is 1. The van der Waals surface area contributed by atoms with Crippen molar-refractivity contribution in [2.75, 3.05) is 5.73 Å². The number of anilines is 1. The molecule has 8 nitrogen and oxygen atoms in total. The summed E-state index contributed by atoms with van der Waals surface area (Å²) in [5, 5.41) is 12.1. The van der Waals surface area contributed by atoms with E-state index in [-0.39, 0.29) is 11.5 Å². The standard InChI is InChI=1S/C14H16N6O2S2/c1-5-7-9(21)16-6(2)17-11(7)23-8(5)10(22)18-14(3,4)12-19-20-13(15)24-12/h1-4H3,(H2,15,20)(H,18,22)(H,16,17,21). The molecule has 126 valence electrons. The largest absolute Gasteiger partial charge is 0.374 e. The molecule has 0 aromatic carbocycles. The Balaban J connectivity index is 1.99. The summed E-state index contributed by atoms with van der Waals surface area (Å²) in [6, 6.07) is 0. The third-order valence-electron chi connectivity index (χ3n) is 3.53. The van der Waals surface area contributed by atoms with Crippen LogP contribution in [0.5, 0.6) is 0 Å². The van der Waals surface area contributed by atoms with Gasteiger partial charge in [-0.2, -0.15) is 0 Å². The lowest BCUT2D eigenvalue weighted by Crippen LogP contribution is -2.40. The van der Waals surface area contributed by atoms with Crippen LogP contribution in [0.15, 0.2) is 4.79 Å². The molecule has 3 aromatic rings. The number of hydrogen-bond donors (Lipinski definition) is 3. The normalized spacial score (nSPS) is 11.8. The fourth-order valence-electron chi connectivity index (χ4n) is 2.35. The quantitative estimate of drug-likeness (QED) is 0.649. The van der Waals surface area contributed by atoms with Crippen molar-refractivity contribution in [1.29, 1.82) is 0 Å². The summed E-state index contributed by atoms with van der Waals surface area (Å²) in [6.07, 6.45) is 0. The van der Waals surface area contributed by atoms with Crippen LogP contribution in [0.3, 0.4) is 0 Å². The van der Waals surface area contributed by atoms with Crippen molar-refractivity contribution in [2.24, 2.45) is 0 Å². The number of aromatic nitrogens is 4. The van der Waals surface area contributed by atoms with Gasteiger partial charge in [-0.3, -0.25) is 9.59 Å². The molecular weight excluding hydrogens is 348 g/mol. The van der Waals surface area contributed by atoms with E-state index in [1.165, 1.54) is 22.7 Å². The molecule has 0 aliphatic rings. The van der Waals surface area contributed by atoms with Crippen LogP contribution in [0.4, 0.5) is 5.13 Å². The molecule has 0 aliphatic heterocycles. The fourth-order valence-corrected chi connectivity index (χ4v) is 4.14. The van der Waals surface area contributed by atoms with Gasteiger partial charge in [-0.15, -0.1) is 21.5 Å². The van der Waals surface area contributed by atoms with Crippen LogP contribution in [-0.4, -0.2) is 26.1 Å². The summed E-state index contributed by atoms with van der Waals surface area (Å²) >= 11 is 2.42. The van der Waals surface area contributed by atoms with Gasteiger partial charge in [0.1, 0.15) is 15.7 Å². The predicted octanol–water partition coefficient (Wildman–Crippen LogP) is 1.70. The van der Waals surface area contributed by atoms with E-state index in [1.807, 2.05) is 13.8 Å². The smallest absolute Gasteiger partial charge is 0.262 e. The van der Waals surface area contributed by atoms with E-state index in [0.717, 1.165) is 0 Å². The third-order valence-corrected chi connectivity index (χ3v) is 5.79. The number of hydrogen-bond acceptors (Lipinski definition) is 8. The lowest BCUT2D eigenvalue weighted by Gasteiger charge is -2.22. The summed E-state index contributed by atoms with van der Waals surface area (Å²) in [5.74, 6) is 0.233. The molecule has 0 saturated heterocycles. The second kappa shape index (κ2) is 5.64. The van der Waals surface area contributed by atoms with Crippen molar-refractivity contribution in [3.8, 4) is 0 Å². The van der Waals surface area contributed by atoms with E-state index in [4.69, 9.17) is 5.73 Å². The second-order valence-corrected chi connectivity index (χ2v) is 7.92.